The third-order valence-corrected chi connectivity index (χ3v) is 4.97. The largest absolute Gasteiger partial charge is 0.351 e. The normalized spacial score (nSPS) is 12.4. The van der Waals surface area contributed by atoms with Crippen LogP contribution in [0.25, 0.3) is 10.9 Å². The summed E-state index contributed by atoms with van der Waals surface area (Å²) in [6, 6.07) is 7.28. The lowest BCUT2D eigenvalue weighted by Crippen LogP contribution is -2.42. The van der Waals surface area contributed by atoms with Crippen LogP contribution in [0.1, 0.15) is 25.0 Å². The van der Waals surface area contributed by atoms with Crippen molar-refractivity contribution in [3.05, 3.63) is 35.4 Å². The summed E-state index contributed by atoms with van der Waals surface area (Å²) in [4.78, 5) is 27.7. The molecule has 0 saturated heterocycles. The van der Waals surface area contributed by atoms with E-state index < -0.39 is 11.3 Å². The summed E-state index contributed by atoms with van der Waals surface area (Å²) >= 11 is 1.35. The lowest BCUT2D eigenvalue weighted by molar-refractivity contribution is -0.120. The minimum Gasteiger partial charge on any atom is -0.351 e. The summed E-state index contributed by atoms with van der Waals surface area (Å²) in [6.07, 6.45) is 0. The number of rotatable bonds is 4. The molecule has 3 N–H and O–H groups in total. The average molecular weight is 331 g/mol. The number of carbonyl (C=O) groups is 2. The molecule has 1 atom stereocenters. The first kappa shape index (κ1) is 17.3. The Morgan fingerprint density at radius 1 is 1.22 bits per heavy atom. The highest BCUT2D eigenvalue weighted by Crippen LogP contribution is 2.30. The van der Waals surface area contributed by atoms with E-state index in [0.29, 0.717) is 0 Å². The van der Waals surface area contributed by atoms with Crippen LogP contribution < -0.4 is 11.1 Å². The molecular weight excluding hydrogens is 310 g/mol. The number of benzene rings is 1. The van der Waals surface area contributed by atoms with Gasteiger partial charge in [-0.3, -0.25) is 10.1 Å². The Balaban J connectivity index is 2.34. The van der Waals surface area contributed by atoms with Crippen LogP contribution in [0.2, 0.25) is 0 Å². The lowest BCUT2D eigenvalue weighted by atomic mass is 10.1. The van der Waals surface area contributed by atoms with Crippen molar-refractivity contribution in [2.45, 2.75) is 38.0 Å². The predicted octanol–water partition coefficient (Wildman–Crippen LogP) is 3.16. The summed E-state index contributed by atoms with van der Waals surface area (Å²) in [5.74, 6) is -0.351. The highest BCUT2D eigenvalue weighted by atomic mass is 32.2. The summed E-state index contributed by atoms with van der Waals surface area (Å²) in [5.41, 5.74) is 8.20. The SMILES string of the molecule is Cc1ccc2c(C)cc(S[C@@H](C(=O)NC(N)=O)C(C)C)nc2c1. The first-order valence-electron chi connectivity index (χ1n) is 7.43. The van der Waals surface area contributed by atoms with Crippen molar-refractivity contribution in [3.8, 4) is 0 Å². The number of nitrogens with zero attached hydrogens (tertiary/aromatic N) is 1. The summed E-state index contributed by atoms with van der Waals surface area (Å²) in [5, 5.41) is 3.59. The van der Waals surface area contributed by atoms with Gasteiger partial charge in [0.25, 0.3) is 0 Å². The quantitative estimate of drug-likeness (QED) is 0.843. The molecule has 3 amide bonds. The molecule has 5 nitrogen and oxygen atoms in total. The van der Waals surface area contributed by atoms with Gasteiger partial charge in [0.2, 0.25) is 5.91 Å². The molecule has 0 radical (unpaired) electrons. The molecule has 0 aliphatic rings. The number of hydrogen-bond donors (Lipinski definition) is 2. The molecule has 0 aliphatic heterocycles. The third kappa shape index (κ3) is 4.22. The van der Waals surface area contributed by atoms with Gasteiger partial charge in [-0.15, -0.1) is 0 Å². The number of thioether (sulfide) groups is 1. The van der Waals surface area contributed by atoms with Crippen molar-refractivity contribution >= 4 is 34.6 Å². The van der Waals surface area contributed by atoms with Crippen molar-refractivity contribution < 1.29 is 9.59 Å². The highest BCUT2D eigenvalue weighted by Gasteiger charge is 2.25. The van der Waals surface area contributed by atoms with Crippen LogP contribution in [0.4, 0.5) is 4.79 Å². The van der Waals surface area contributed by atoms with Crippen LogP contribution in [0.15, 0.2) is 29.3 Å². The van der Waals surface area contributed by atoms with E-state index in [0.717, 1.165) is 27.1 Å². The maximum atomic E-state index is 12.1. The van der Waals surface area contributed by atoms with Crippen LogP contribution in [0.3, 0.4) is 0 Å². The molecule has 122 valence electrons. The van der Waals surface area contributed by atoms with Crippen molar-refractivity contribution in [3.63, 3.8) is 0 Å². The molecule has 1 aromatic carbocycles. The highest BCUT2D eigenvalue weighted by molar-refractivity contribution is 8.00. The Morgan fingerprint density at radius 3 is 2.52 bits per heavy atom. The van der Waals surface area contributed by atoms with Gasteiger partial charge in [0.05, 0.1) is 15.8 Å². The number of fused-ring (bicyclic) bond motifs is 1. The summed E-state index contributed by atoms with van der Waals surface area (Å²) < 4.78 is 0. The number of carbonyl (C=O) groups excluding carboxylic acids is 2. The number of nitrogens with one attached hydrogen (secondary N) is 1. The molecule has 0 spiro atoms. The fourth-order valence-corrected chi connectivity index (χ4v) is 3.45. The summed E-state index contributed by atoms with van der Waals surface area (Å²) in [6.45, 7) is 7.90. The molecule has 0 fully saturated rings. The number of amides is 3. The van der Waals surface area contributed by atoms with E-state index >= 15 is 0 Å². The number of urea groups is 1. The van der Waals surface area contributed by atoms with E-state index in [9.17, 15) is 9.59 Å². The number of primary amides is 1. The molecule has 0 aliphatic carbocycles. The van der Waals surface area contributed by atoms with E-state index in [1.165, 1.54) is 11.8 Å². The van der Waals surface area contributed by atoms with Gasteiger partial charge in [0.1, 0.15) is 0 Å². The first-order valence-corrected chi connectivity index (χ1v) is 8.31. The molecule has 0 bridgehead atoms. The fourth-order valence-electron chi connectivity index (χ4n) is 2.36. The number of aromatic nitrogens is 1. The molecule has 0 saturated carbocycles. The summed E-state index contributed by atoms with van der Waals surface area (Å²) in [7, 11) is 0. The van der Waals surface area contributed by atoms with Crippen LogP contribution in [0.5, 0.6) is 0 Å². The number of hydrogen-bond acceptors (Lipinski definition) is 4. The van der Waals surface area contributed by atoms with E-state index in [4.69, 9.17) is 5.73 Å². The maximum Gasteiger partial charge on any atom is 0.318 e. The number of nitrogens with two attached hydrogens (primary N) is 1. The average Bonchev–Trinajstić information content (AvgIpc) is 2.43. The van der Waals surface area contributed by atoms with E-state index in [1.807, 2.05) is 39.8 Å². The first-order chi connectivity index (χ1) is 10.8. The molecule has 2 rings (SSSR count). The topological polar surface area (TPSA) is 85.1 Å². The zero-order chi connectivity index (χ0) is 17.1. The third-order valence-electron chi connectivity index (χ3n) is 3.51. The minimum atomic E-state index is -0.834. The Hall–Kier alpha value is -2.08. The van der Waals surface area contributed by atoms with Crippen molar-refractivity contribution in [2.24, 2.45) is 11.7 Å². The zero-order valence-electron chi connectivity index (χ0n) is 13.7. The van der Waals surface area contributed by atoms with Crippen LogP contribution in [0, 0.1) is 19.8 Å². The van der Waals surface area contributed by atoms with Crippen LogP contribution in [-0.2, 0) is 4.79 Å². The van der Waals surface area contributed by atoms with E-state index in [1.54, 1.807) is 0 Å². The molecular formula is C17H21N3O2S. The van der Waals surface area contributed by atoms with Gasteiger partial charge in [-0.25, -0.2) is 9.78 Å². The Labute approximate surface area is 140 Å². The minimum absolute atomic E-state index is 0.0367. The van der Waals surface area contributed by atoms with E-state index in [-0.39, 0.29) is 11.8 Å². The second-order valence-electron chi connectivity index (χ2n) is 5.93. The Bertz CT molecular complexity index is 759. The van der Waals surface area contributed by atoms with Crippen LogP contribution >= 0.6 is 11.8 Å². The Morgan fingerprint density at radius 2 is 1.91 bits per heavy atom. The monoisotopic (exact) mass is 331 g/mol. The van der Waals surface area contributed by atoms with Gasteiger partial charge in [-0.2, -0.15) is 0 Å². The van der Waals surface area contributed by atoms with E-state index in [2.05, 4.69) is 22.4 Å². The lowest BCUT2D eigenvalue weighted by Gasteiger charge is -2.19. The second kappa shape index (κ2) is 7.00. The maximum absolute atomic E-state index is 12.1. The van der Waals surface area contributed by atoms with Crippen molar-refractivity contribution in [2.75, 3.05) is 0 Å². The molecule has 1 aromatic heterocycles. The van der Waals surface area contributed by atoms with Crippen molar-refractivity contribution in [1.82, 2.24) is 10.3 Å². The molecule has 6 heteroatoms. The predicted molar refractivity (Wildman–Crippen MR) is 93.4 cm³/mol. The van der Waals surface area contributed by atoms with Crippen molar-refractivity contribution in [1.29, 1.82) is 0 Å². The second-order valence-corrected chi connectivity index (χ2v) is 7.10. The number of pyridine rings is 1. The van der Waals surface area contributed by atoms with Gasteiger partial charge in [-0.1, -0.05) is 37.7 Å². The van der Waals surface area contributed by atoms with Gasteiger partial charge in [-0.05, 0) is 43.0 Å². The molecule has 0 unspecified atom stereocenters. The fraction of sp³-hybridized carbons (Fsp3) is 0.353. The number of imide groups is 1. The van der Waals surface area contributed by atoms with Gasteiger partial charge in [0.15, 0.2) is 0 Å². The Kier molecular flexibility index (Phi) is 5.26. The molecule has 1 heterocycles. The zero-order valence-corrected chi connectivity index (χ0v) is 14.5. The van der Waals surface area contributed by atoms with Gasteiger partial charge in [0, 0.05) is 5.39 Å². The smallest absolute Gasteiger partial charge is 0.318 e. The number of aryl methyl sites for hydroxylation is 2. The standard InChI is InChI=1S/C17H21N3O2S/c1-9(2)15(16(21)20-17(18)22)23-14-8-11(4)12-6-5-10(3)7-13(12)19-14/h5-9,15H,1-4H3,(H3,18,20,21,22)/t15-/m1/s1. The van der Waals surface area contributed by atoms with Crippen LogP contribution in [-0.4, -0.2) is 22.2 Å². The van der Waals surface area contributed by atoms with Gasteiger partial charge >= 0.3 is 6.03 Å². The molecule has 2 aromatic rings. The van der Waals surface area contributed by atoms with Gasteiger partial charge < -0.3 is 5.73 Å². The molecule has 23 heavy (non-hydrogen) atoms.